The second-order valence-electron chi connectivity index (χ2n) is 11.8. The summed E-state index contributed by atoms with van der Waals surface area (Å²) in [7, 11) is 0. The molecule has 2 amide bonds. The number of nitrogens with one attached hydrogen (secondary N) is 2. The summed E-state index contributed by atoms with van der Waals surface area (Å²) in [4.78, 5) is 29.3. The third-order valence-electron chi connectivity index (χ3n) is 8.86. The molecule has 0 radical (unpaired) electrons. The van der Waals surface area contributed by atoms with Crippen molar-refractivity contribution in [1.82, 2.24) is 5.32 Å². The maximum atomic E-state index is 13.6. The van der Waals surface area contributed by atoms with Gasteiger partial charge in [-0.2, -0.15) is 0 Å². The molecule has 0 spiro atoms. The Morgan fingerprint density at radius 2 is 1.31 bits per heavy atom. The Morgan fingerprint density at radius 3 is 2.00 bits per heavy atom. The lowest BCUT2D eigenvalue weighted by atomic mass is 9.79. The normalized spacial score (nSPS) is 14.0. The first-order valence-corrected chi connectivity index (χ1v) is 15.7. The van der Waals surface area contributed by atoms with E-state index in [1.807, 2.05) is 97.1 Å². The summed E-state index contributed by atoms with van der Waals surface area (Å²) in [6.07, 6.45) is 1.85. The predicted octanol–water partition coefficient (Wildman–Crippen LogP) is 8.23. The first-order valence-electron chi connectivity index (χ1n) is 15.7. The quantitative estimate of drug-likeness (QED) is 0.181. The molecule has 0 aromatic heterocycles. The number of carbonyl (C=O) groups excluding carboxylic acids is 2. The number of hydrogen-bond donors (Lipinski definition) is 2. The predicted molar refractivity (Wildman–Crippen MR) is 183 cm³/mol. The minimum Gasteiger partial charge on any atom is -0.372 e. The smallest absolute Gasteiger partial charge is 0.256 e. The van der Waals surface area contributed by atoms with Crippen molar-refractivity contribution in [3.63, 3.8) is 0 Å². The third kappa shape index (κ3) is 7.15. The van der Waals surface area contributed by atoms with E-state index in [1.165, 1.54) is 0 Å². The van der Waals surface area contributed by atoms with Crippen LogP contribution in [0, 0.1) is 12.8 Å². The molecule has 0 aliphatic carbocycles. The highest BCUT2D eigenvalue weighted by Crippen LogP contribution is 2.35. The second-order valence-corrected chi connectivity index (χ2v) is 11.8. The van der Waals surface area contributed by atoms with Gasteiger partial charge >= 0.3 is 0 Å². The first kappa shape index (κ1) is 29.9. The van der Waals surface area contributed by atoms with Crippen LogP contribution >= 0.6 is 0 Å². The van der Waals surface area contributed by atoms with Crippen LogP contribution in [0.3, 0.4) is 0 Å². The van der Waals surface area contributed by atoms with Crippen molar-refractivity contribution in [1.29, 1.82) is 0 Å². The van der Waals surface area contributed by atoms with Gasteiger partial charge in [0.15, 0.2) is 0 Å². The summed E-state index contributed by atoms with van der Waals surface area (Å²) in [5, 5.41) is 6.29. The zero-order valence-corrected chi connectivity index (χ0v) is 25.7. The molecule has 226 valence electrons. The number of aryl methyl sites for hydroxylation is 1. The van der Waals surface area contributed by atoms with E-state index in [1.54, 1.807) is 0 Å². The summed E-state index contributed by atoms with van der Waals surface area (Å²) in [6, 6.07) is 44.2. The minimum absolute atomic E-state index is 0.0904. The Balaban J connectivity index is 1.09. The van der Waals surface area contributed by atoms with Crippen LogP contribution in [0.4, 0.5) is 11.4 Å². The standard InChI is InChI=1S/C40H39N3O2/c1-29-12-8-9-17-35(29)36-18-10-11-19-37(36)39(44)42-33-20-22-34(23-21-33)43-26-24-32(25-27-43)38(31-15-6-3-7-16-31)40(45)41-28-30-13-4-2-5-14-30/h2-23,32,38H,24-28H2,1H3,(H,41,45)(H,42,44). The van der Waals surface area contributed by atoms with E-state index in [2.05, 4.69) is 58.9 Å². The van der Waals surface area contributed by atoms with Crippen LogP contribution in [0.5, 0.6) is 0 Å². The van der Waals surface area contributed by atoms with Crippen molar-refractivity contribution < 1.29 is 9.59 Å². The molecule has 1 unspecified atom stereocenters. The van der Waals surface area contributed by atoms with Crippen LogP contribution in [-0.4, -0.2) is 24.9 Å². The lowest BCUT2D eigenvalue weighted by Gasteiger charge is -2.37. The monoisotopic (exact) mass is 593 g/mol. The van der Waals surface area contributed by atoms with Gasteiger partial charge in [-0.05, 0) is 83.8 Å². The number of piperidine rings is 1. The van der Waals surface area contributed by atoms with E-state index in [4.69, 9.17) is 0 Å². The van der Waals surface area contributed by atoms with Gasteiger partial charge in [0, 0.05) is 36.6 Å². The van der Waals surface area contributed by atoms with Crippen molar-refractivity contribution >= 4 is 23.2 Å². The molecule has 5 aromatic carbocycles. The van der Waals surface area contributed by atoms with Crippen molar-refractivity contribution in [2.75, 3.05) is 23.3 Å². The van der Waals surface area contributed by atoms with E-state index >= 15 is 0 Å². The van der Waals surface area contributed by atoms with Crippen LogP contribution in [0.25, 0.3) is 11.1 Å². The summed E-state index contributed by atoms with van der Waals surface area (Å²) in [6.45, 7) is 4.33. The number of rotatable bonds is 9. The maximum absolute atomic E-state index is 13.6. The van der Waals surface area contributed by atoms with Gasteiger partial charge in [0.05, 0.1) is 5.92 Å². The molecule has 1 aliphatic heterocycles. The molecule has 1 fully saturated rings. The summed E-state index contributed by atoms with van der Waals surface area (Å²) in [5.41, 5.74) is 7.83. The van der Waals surface area contributed by atoms with Gasteiger partial charge < -0.3 is 15.5 Å². The van der Waals surface area contributed by atoms with Gasteiger partial charge in [-0.1, -0.05) is 103 Å². The molecule has 6 rings (SSSR count). The van der Waals surface area contributed by atoms with Gasteiger partial charge in [0.2, 0.25) is 5.91 Å². The van der Waals surface area contributed by atoms with Crippen molar-refractivity contribution in [3.05, 3.63) is 156 Å². The fraction of sp³-hybridized carbons (Fsp3) is 0.200. The van der Waals surface area contributed by atoms with Gasteiger partial charge in [0.25, 0.3) is 5.91 Å². The highest BCUT2D eigenvalue weighted by atomic mass is 16.2. The maximum Gasteiger partial charge on any atom is 0.256 e. The average Bonchev–Trinajstić information content (AvgIpc) is 3.09. The van der Waals surface area contributed by atoms with E-state index < -0.39 is 0 Å². The molecular weight excluding hydrogens is 554 g/mol. The topological polar surface area (TPSA) is 61.4 Å². The molecular formula is C40H39N3O2. The van der Waals surface area contributed by atoms with Crippen molar-refractivity contribution in [2.24, 2.45) is 5.92 Å². The highest BCUT2D eigenvalue weighted by Gasteiger charge is 2.32. The molecule has 5 heteroatoms. The van der Waals surface area contributed by atoms with Gasteiger partial charge in [0.1, 0.15) is 0 Å². The minimum atomic E-state index is -0.183. The third-order valence-corrected chi connectivity index (χ3v) is 8.86. The Labute approximate surface area is 265 Å². The highest BCUT2D eigenvalue weighted by molar-refractivity contribution is 6.09. The fourth-order valence-electron chi connectivity index (χ4n) is 6.43. The molecule has 2 N–H and O–H groups in total. The van der Waals surface area contributed by atoms with Gasteiger partial charge in [-0.15, -0.1) is 0 Å². The summed E-state index contributed by atoms with van der Waals surface area (Å²) < 4.78 is 0. The molecule has 1 aliphatic rings. The Hall–Kier alpha value is -5.16. The molecule has 0 saturated carbocycles. The molecule has 5 nitrogen and oxygen atoms in total. The van der Waals surface area contributed by atoms with Crippen molar-refractivity contribution in [3.8, 4) is 11.1 Å². The van der Waals surface area contributed by atoms with E-state index in [0.717, 1.165) is 65.1 Å². The number of benzene rings is 5. The number of anilines is 2. The SMILES string of the molecule is Cc1ccccc1-c1ccccc1C(=O)Nc1ccc(N2CCC(C(C(=O)NCc3ccccc3)c3ccccc3)CC2)cc1. The van der Waals surface area contributed by atoms with Crippen molar-refractivity contribution in [2.45, 2.75) is 32.2 Å². The lowest BCUT2D eigenvalue weighted by Crippen LogP contribution is -2.40. The molecule has 1 heterocycles. The summed E-state index contributed by atoms with van der Waals surface area (Å²) >= 11 is 0. The van der Waals surface area contributed by atoms with Gasteiger partial charge in [-0.25, -0.2) is 0 Å². The zero-order chi connectivity index (χ0) is 31.0. The molecule has 0 bridgehead atoms. The number of carbonyl (C=O) groups is 2. The fourth-order valence-corrected chi connectivity index (χ4v) is 6.43. The van der Waals surface area contributed by atoms with Gasteiger partial charge in [-0.3, -0.25) is 9.59 Å². The Kier molecular flexibility index (Phi) is 9.35. The molecule has 1 atom stereocenters. The second kappa shape index (κ2) is 14.1. The number of hydrogen-bond acceptors (Lipinski definition) is 3. The number of nitrogens with zero attached hydrogens (tertiary/aromatic N) is 1. The zero-order valence-electron chi connectivity index (χ0n) is 25.7. The largest absolute Gasteiger partial charge is 0.372 e. The van der Waals surface area contributed by atoms with E-state index in [0.29, 0.717) is 12.1 Å². The lowest BCUT2D eigenvalue weighted by molar-refractivity contribution is -0.124. The van der Waals surface area contributed by atoms with Crippen LogP contribution in [0.15, 0.2) is 133 Å². The number of amides is 2. The Bertz CT molecular complexity index is 1730. The van der Waals surface area contributed by atoms with Crippen LogP contribution in [0.2, 0.25) is 0 Å². The van der Waals surface area contributed by atoms with E-state index in [9.17, 15) is 9.59 Å². The summed E-state index contributed by atoms with van der Waals surface area (Å²) in [5.74, 6) is 0.0380. The average molecular weight is 594 g/mol. The molecule has 45 heavy (non-hydrogen) atoms. The van der Waals surface area contributed by atoms with Crippen LogP contribution in [0.1, 0.15) is 45.8 Å². The van der Waals surface area contributed by atoms with Crippen LogP contribution < -0.4 is 15.5 Å². The molecule has 1 saturated heterocycles. The van der Waals surface area contributed by atoms with E-state index in [-0.39, 0.29) is 23.7 Å². The molecule has 5 aromatic rings. The Morgan fingerprint density at radius 1 is 0.711 bits per heavy atom. The van der Waals surface area contributed by atoms with Crippen LogP contribution in [-0.2, 0) is 11.3 Å². The first-order chi connectivity index (χ1) is 22.1.